The van der Waals surface area contributed by atoms with Gasteiger partial charge in [0, 0.05) is 17.6 Å². The average Bonchev–Trinajstić information content (AvgIpc) is 3.36. The van der Waals surface area contributed by atoms with Crippen molar-refractivity contribution < 1.29 is 28.2 Å². The molecule has 0 bridgehead atoms. The highest BCUT2D eigenvalue weighted by Crippen LogP contribution is 2.33. The molecule has 0 radical (unpaired) electrons. The Morgan fingerprint density at radius 3 is 2.51 bits per heavy atom. The number of carbonyl (C=O) groups is 2. The van der Waals surface area contributed by atoms with E-state index in [9.17, 15) is 9.59 Å². The van der Waals surface area contributed by atoms with Gasteiger partial charge in [-0.1, -0.05) is 17.7 Å². The molecule has 2 aromatic carbocycles. The third-order valence-corrected chi connectivity index (χ3v) is 6.13. The van der Waals surface area contributed by atoms with E-state index in [1.807, 2.05) is 24.3 Å². The van der Waals surface area contributed by atoms with E-state index in [0.29, 0.717) is 34.6 Å². The van der Waals surface area contributed by atoms with Crippen LogP contribution in [-0.2, 0) is 22.7 Å². The van der Waals surface area contributed by atoms with Gasteiger partial charge in [-0.05, 0) is 66.9 Å². The number of fused-ring (bicyclic) bond motifs is 1. The molecule has 1 saturated carbocycles. The van der Waals surface area contributed by atoms with Crippen molar-refractivity contribution in [2.45, 2.75) is 32.0 Å². The van der Waals surface area contributed by atoms with Gasteiger partial charge in [0.05, 0.1) is 12.8 Å². The van der Waals surface area contributed by atoms with E-state index >= 15 is 0 Å². The van der Waals surface area contributed by atoms with Crippen molar-refractivity contribution in [3.05, 3.63) is 77.2 Å². The summed E-state index contributed by atoms with van der Waals surface area (Å²) in [5, 5.41) is 0.591. The smallest absolute Gasteiger partial charge is 0.261 e. The Morgan fingerprint density at radius 1 is 0.971 bits per heavy atom. The highest BCUT2D eigenvalue weighted by atomic mass is 35.5. The molecule has 1 aromatic heterocycles. The Hall–Kier alpha value is -3.65. The fourth-order valence-electron chi connectivity index (χ4n) is 3.89. The maximum Gasteiger partial charge on any atom is 0.261 e. The molecule has 35 heavy (non-hydrogen) atoms. The number of hydrogen-bond donors (Lipinski definition) is 0. The second-order valence-corrected chi connectivity index (χ2v) is 8.95. The van der Waals surface area contributed by atoms with Crippen molar-refractivity contribution in [3.8, 4) is 17.2 Å². The second-order valence-electron chi connectivity index (χ2n) is 8.51. The van der Waals surface area contributed by atoms with Crippen LogP contribution in [0.1, 0.15) is 24.2 Å². The first-order valence-electron chi connectivity index (χ1n) is 11.4. The Kier molecular flexibility index (Phi) is 6.81. The number of amides is 2. The summed E-state index contributed by atoms with van der Waals surface area (Å²) < 4.78 is 22.0. The van der Waals surface area contributed by atoms with E-state index in [1.165, 1.54) is 0 Å². The SMILES string of the molecule is O=C(CN(C(=O)COc1ccc(Cl)cc1)C1CC1)N(Cc1ccc2c(c1)OCO2)Cc1ccco1. The molecule has 0 atom stereocenters. The van der Waals surface area contributed by atoms with Crippen LogP contribution >= 0.6 is 11.6 Å². The number of furan rings is 1. The molecule has 2 aliphatic rings. The molecule has 8 nitrogen and oxygen atoms in total. The molecule has 1 aliphatic carbocycles. The number of hydrogen-bond acceptors (Lipinski definition) is 6. The summed E-state index contributed by atoms with van der Waals surface area (Å²) in [5.74, 6) is 2.15. The largest absolute Gasteiger partial charge is 0.484 e. The van der Waals surface area contributed by atoms with Gasteiger partial charge in [-0.25, -0.2) is 0 Å². The van der Waals surface area contributed by atoms with Crippen LogP contribution in [0.5, 0.6) is 17.2 Å². The third-order valence-electron chi connectivity index (χ3n) is 5.88. The van der Waals surface area contributed by atoms with Gasteiger partial charge in [-0.15, -0.1) is 0 Å². The first-order valence-corrected chi connectivity index (χ1v) is 11.8. The zero-order valence-electron chi connectivity index (χ0n) is 19.0. The molecular formula is C26H25ClN2O6. The highest BCUT2D eigenvalue weighted by Gasteiger charge is 2.35. The van der Waals surface area contributed by atoms with Gasteiger partial charge in [0.15, 0.2) is 18.1 Å². The Morgan fingerprint density at radius 2 is 1.77 bits per heavy atom. The lowest BCUT2D eigenvalue weighted by atomic mass is 10.2. The Balaban J connectivity index is 1.27. The van der Waals surface area contributed by atoms with Crippen LogP contribution in [-0.4, -0.2) is 47.6 Å². The van der Waals surface area contributed by atoms with Gasteiger partial charge < -0.3 is 28.4 Å². The molecule has 5 rings (SSSR count). The van der Waals surface area contributed by atoms with Gasteiger partial charge in [-0.3, -0.25) is 9.59 Å². The molecule has 0 unspecified atom stereocenters. The lowest BCUT2D eigenvalue weighted by molar-refractivity contribution is -0.143. The van der Waals surface area contributed by atoms with Crippen LogP contribution in [0.25, 0.3) is 0 Å². The van der Waals surface area contributed by atoms with E-state index in [0.717, 1.165) is 18.4 Å². The summed E-state index contributed by atoms with van der Waals surface area (Å²) in [7, 11) is 0. The average molecular weight is 497 g/mol. The van der Waals surface area contributed by atoms with Gasteiger partial charge in [0.25, 0.3) is 5.91 Å². The monoisotopic (exact) mass is 496 g/mol. The lowest BCUT2D eigenvalue weighted by Crippen LogP contribution is -2.45. The summed E-state index contributed by atoms with van der Waals surface area (Å²) >= 11 is 5.91. The van der Waals surface area contributed by atoms with Gasteiger partial charge in [0.1, 0.15) is 18.1 Å². The van der Waals surface area contributed by atoms with Crippen molar-refractivity contribution >= 4 is 23.4 Å². The molecule has 2 heterocycles. The van der Waals surface area contributed by atoms with Crippen molar-refractivity contribution in [2.75, 3.05) is 19.9 Å². The van der Waals surface area contributed by atoms with Crippen LogP contribution < -0.4 is 14.2 Å². The van der Waals surface area contributed by atoms with Crippen LogP contribution in [0, 0.1) is 0 Å². The number of carbonyl (C=O) groups excluding carboxylic acids is 2. The maximum atomic E-state index is 13.4. The minimum absolute atomic E-state index is 0.0290. The number of ether oxygens (including phenoxy) is 3. The number of nitrogens with zero attached hydrogens (tertiary/aromatic N) is 2. The van der Waals surface area contributed by atoms with Crippen molar-refractivity contribution in [3.63, 3.8) is 0 Å². The normalized spacial score (nSPS) is 14.0. The zero-order valence-corrected chi connectivity index (χ0v) is 19.8. The van der Waals surface area contributed by atoms with Crippen LogP contribution in [0.2, 0.25) is 5.02 Å². The third kappa shape index (κ3) is 5.89. The molecule has 1 fully saturated rings. The summed E-state index contributed by atoms with van der Waals surface area (Å²) in [4.78, 5) is 29.7. The van der Waals surface area contributed by atoms with Gasteiger partial charge >= 0.3 is 0 Å². The van der Waals surface area contributed by atoms with Crippen molar-refractivity contribution in [1.82, 2.24) is 9.80 Å². The first kappa shape index (κ1) is 23.1. The molecule has 182 valence electrons. The van der Waals surface area contributed by atoms with Crippen LogP contribution in [0.3, 0.4) is 0 Å². The Labute approximate surface area is 207 Å². The van der Waals surface area contributed by atoms with Gasteiger partial charge in [-0.2, -0.15) is 0 Å². The molecule has 9 heteroatoms. The van der Waals surface area contributed by atoms with E-state index in [4.69, 9.17) is 30.2 Å². The zero-order chi connectivity index (χ0) is 24.2. The number of benzene rings is 2. The predicted molar refractivity (Wildman–Crippen MR) is 127 cm³/mol. The van der Waals surface area contributed by atoms with E-state index in [1.54, 1.807) is 46.4 Å². The fraction of sp³-hybridized carbons (Fsp3) is 0.308. The van der Waals surface area contributed by atoms with E-state index in [2.05, 4.69) is 0 Å². The lowest BCUT2D eigenvalue weighted by Gasteiger charge is -2.27. The van der Waals surface area contributed by atoms with Gasteiger partial charge in [0.2, 0.25) is 12.7 Å². The molecule has 2 amide bonds. The molecule has 0 saturated heterocycles. The van der Waals surface area contributed by atoms with E-state index in [-0.39, 0.29) is 44.3 Å². The molecule has 0 N–H and O–H groups in total. The molecule has 3 aromatic rings. The minimum Gasteiger partial charge on any atom is -0.484 e. The molecule has 0 spiro atoms. The number of halogens is 1. The van der Waals surface area contributed by atoms with Crippen LogP contribution in [0.15, 0.2) is 65.3 Å². The highest BCUT2D eigenvalue weighted by molar-refractivity contribution is 6.30. The van der Waals surface area contributed by atoms with Crippen molar-refractivity contribution in [1.29, 1.82) is 0 Å². The molecule has 1 aliphatic heterocycles. The Bertz CT molecular complexity index is 1180. The predicted octanol–water partition coefficient (Wildman–Crippen LogP) is 4.26. The summed E-state index contributed by atoms with van der Waals surface area (Å²) in [6, 6.07) is 16.1. The summed E-state index contributed by atoms with van der Waals surface area (Å²) in [6.07, 6.45) is 3.33. The fourth-order valence-corrected chi connectivity index (χ4v) is 4.02. The quantitative estimate of drug-likeness (QED) is 0.417. The number of rotatable bonds is 10. The maximum absolute atomic E-state index is 13.4. The van der Waals surface area contributed by atoms with E-state index < -0.39 is 0 Å². The standard InChI is InChI=1S/C26H25ClN2O6/c27-19-4-8-21(9-5-19)33-16-26(31)29(20-6-7-20)15-25(30)28(14-22-2-1-11-32-22)13-18-3-10-23-24(12-18)35-17-34-23/h1-5,8-12,20H,6-7,13-17H2. The topological polar surface area (TPSA) is 81.5 Å². The van der Waals surface area contributed by atoms with Crippen molar-refractivity contribution in [2.24, 2.45) is 0 Å². The molecular weight excluding hydrogens is 472 g/mol. The minimum atomic E-state index is -0.225. The second kappa shape index (κ2) is 10.3. The first-order chi connectivity index (χ1) is 17.0. The van der Waals surface area contributed by atoms with Crippen LogP contribution in [0.4, 0.5) is 0 Å². The summed E-state index contributed by atoms with van der Waals surface area (Å²) in [5.41, 5.74) is 0.893. The summed E-state index contributed by atoms with van der Waals surface area (Å²) in [6.45, 7) is 0.632.